The molecule has 80 valence electrons. The molecule has 0 fully saturated rings. The minimum atomic E-state index is -0.377. The minimum absolute atomic E-state index is 0.248. The van der Waals surface area contributed by atoms with E-state index in [2.05, 4.69) is 0 Å². The molecule has 0 aliphatic carbocycles. The predicted octanol–water partition coefficient (Wildman–Crippen LogP) is 2.17. The molecule has 1 rings (SSSR count). The van der Waals surface area contributed by atoms with Crippen molar-refractivity contribution in [3.05, 3.63) is 24.0 Å². The molecule has 3 heteroatoms. The van der Waals surface area contributed by atoms with Crippen LogP contribution in [0.3, 0.4) is 0 Å². The highest BCUT2D eigenvalue weighted by Gasteiger charge is 2.12. The van der Waals surface area contributed by atoms with Crippen LogP contribution in [0, 0.1) is 5.92 Å². The Hall–Kier alpha value is -0.800. The third kappa shape index (κ3) is 2.86. The SMILES string of the molecule is CCOCn1ccc(C(O)C(C)C)c1. The highest BCUT2D eigenvalue weighted by molar-refractivity contribution is 5.13. The molecule has 1 aromatic heterocycles. The first-order valence-corrected chi connectivity index (χ1v) is 5.06. The second-order valence-electron chi connectivity index (χ2n) is 3.77. The Bertz CT molecular complexity index is 268. The van der Waals surface area contributed by atoms with Crippen LogP contribution in [0.5, 0.6) is 0 Å². The lowest BCUT2D eigenvalue weighted by Gasteiger charge is -2.12. The first kappa shape index (κ1) is 11.3. The molecule has 0 aromatic carbocycles. The zero-order chi connectivity index (χ0) is 10.6. The largest absolute Gasteiger partial charge is 0.388 e. The molecule has 1 N–H and O–H groups in total. The van der Waals surface area contributed by atoms with Crippen LogP contribution < -0.4 is 0 Å². The van der Waals surface area contributed by atoms with Crippen molar-refractivity contribution in [2.24, 2.45) is 5.92 Å². The van der Waals surface area contributed by atoms with Gasteiger partial charge in [0.05, 0.1) is 6.10 Å². The zero-order valence-electron chi connectivity index (χ0n) is 9.10. The number of hydrogen-bond donors (Lipinski definition) is 1. The van der Waals surface area contributed by atoms with Crippen LogP contribution in [0.1, 0.15) is 32.4 Å². The van der Waals surface area contributed by atoms with E-state index in [1.807, 2.05) is 43.8 Å². The van der Waals surface area contributed by atoms with Crippen LogP contribution in [-0.4, -0.2) is 16.3 Å². The van der Waals surface area contributed by atoms with E-state index in [4.69, 9.17) is 4.74 Å². The Morgan fingerprint density at radius 3 is 2.79 bits per heavy atom. The fraction of sp³-hybridized carbons (Fsp3) is 0.636. The molecular formula is C11H19NO2. The summed E-state index contributed by atoms with van der Waals surface area (Å²) >= 11 is 0. The summed E-state index contributed by atoms with van der Waals surface area (Å²) in [5.74, 6) is 0.248. The highest BCUT2D eigenvalue weighted by Crippen LogP contribution is 2.21. The average Bonchev–Trinajstić information content (AvgIpc) is 2.61. The Morgan fingerprint density at radius 2 is 2.21 bits per heavy atom. The van der Waals surface area contributed by atoms with E-state index in [-0.39, 0.29) is 12.0 Å². The molecule has 1 atom stereocenters. The molecular weight excluding hydrogens is 178 g/mol. The second-order valence-corrected chi connectivity index (χ2v) is 3.77. The van der Waals surface area contributed by atoms with Crippen molar-refractivity contribution in [3.63, 3.8) is 0 Å². The molecule has 0 radical (unpaired) electrons. The number of rotatable bonds is 5. The Balaban J connectivity index is 2.58. The summed E-state index contributed by atoms with van der Waals surface area (Å²) in [6, 6.07) is 1.93. The normalized spacial score (nSPS) is 13.5. The van der Waals surface area contributed by atoms with Gasteiger partial charge in [-0.15, -0.1) is 0 Å². The Morgan fingerprint density at radius 1 is 1.50 bits per heavy atom. The molecule has 0 spiro atoms. The lowest BCUT2D eigenvalue weighted by atomic mass is 10.0. The number of hydrogen-bond acceptors (Lipinski definition) is 2. The summed E-state index contributed by atoms with van der Waals surface area (Å²) in [5, 5.41) is 9.78. The third-order valence-corrected chi connectivity index (χ3v) is 2.19. The van der Waals surface area contributed by atoms with Crippen LogP contribution in [0.25, 0.3) is 0 Å². The molecule has 0 aliphatic rings. The van der Waals surface area contributed by atoms with Crippen molar-refractivity contribution in [2.75, 3.05) is 6.61 Å². The van der Waals surface area contributed by atoms with Crippen molar-refractivity contribution >= 4 is 0 Å². The van der Waals surface area contributed by atoms with Gasteiger partial charge in [-0.05, 0) is 24.5 Å². The van der Waals surface area contributed by atoms with Gasteiger partial charge in [-0.1, -0.05) is 13.8 Å². The van der Waals surface area contributed by atoms with Crippen LogP contribution in [-0.2, 0) is 11.5 Å². The van der Waals surface area contributed by atoms with Gasteiger partial charge in [-0.25, -0.2) is 0 Å². The quantitative estimate of drug-likeness (QED) is 0.785. The fourth-order valence-corrected chi connectivity index (χ4v) is 1.30. The van der Waals surface area contributed by atoms with E-state index in [0.29, 0.717) is 13.3 Å². The summed E-state index contributed by atoms with van der Waals surface area (Å²) in [7, 11) is 0. The van der Waals surface area contributed by atoms with E-state index < -0.39 is 0 Å². The maximum absolute atomic E-state index is 9.78. The number of ether oxygens (including phenoxy) is 1. The van der Waals surface area contributed by atoms with Gasteiger partial charge in [0.15, 0.2) is 0 Å². The third-order valence-electron chi connectivity index (χ3n) is 2.19. The van der Waals surface area contributed by atoms with Crippen molar-refractivity contribution in [1.29, 1.82) is 0 Å². The van der Waals surface area contributed by atoms with Crippen molar-refractivity contribution in [1.82, 2.24) is 4.57 Å². The van der Waals surface area contributed by atoms with E-state index in [0.717, 1.165) is 5.56 Å². The van der Waals surface area contributed by atoms with Crippen molar-refractivity contribution in [3.8, 4) is 0 Å². The van der Waals surface area contributed by atoms with Gasteiger partial charge in [0, 0.05) is 19.0 Å². The average molecular weight is 197 g/mol. The predicted molar refractivity (Wildman–Crippen MR) is 55.9 cm³/mol. The molecule has 1 aromatic rings. The van der Waals surface area contributed by atoms with Crippen LogP contribution in [0.15, 0.2) is 18.5 Å². The van der Waals surface area contributed by atoms with Gasteiger partial charge in [-0.3, -0.25) is 0 Å². The Labute approximate surface area is 85.3 Å². The monoisotopic (exact) mass is 197 g/mol. The van der Waals surface area contributed by atoms with Crippen LogP contribution in [0.2, 0.25) is 0 Å². The van der Waals surface area contributed by atoms with E-state index in [1.165, 1.54) is 0 Å². The summed E-state index contributed by atoms with van der Waals surface area (Å²) < 4.78 is 7.19. The zero-order valence-corrected chi connectivity index (χ0v) is 9.10. The molecule has 0 saturated heterocycles. The highest BCUT2D eigenvalue weighted by atomic mass is 16.5. The molecule has 1 unspecified atom stereocenters. The lowest BCUT2D eigenvalue weighted by Crippen LogP contribution is -2.04. The molecule has 0 bridgehead atoms. The van der Waals surface area contributed by atoms with Crippen LogP contribution in [0.4, 0.5) is 0 Å². The van der Waals surface area contributed by atoms with E-state index in [9.17, 15) is 5.11 Å². The van der Waals surface area contributed by atoms with E-state index >= 15 is 0 Å². The number of aliphatic hydroxyl groups excluding tert-OH is 1. The number of aromatic nitrogens is 1. The molecule has 1 heterocycles. The summed E-state index contributed by atoms with van der Waals surface area (Å²) in [6.45, 7) is 7.24. The fourth-order valence-electron chi connectivity index (χ4n) is 1.30. The lowest BCUT2D eigenvalue weighted by molar-refractivity contribution is 0.0871. The van der Waals surface area contributed by atoms with Gasteiger partial charge >= 0.3 is 0 Å². The molecule has 0 aliphatic heterocycles. The summed E-state index contributed by atoms with van der Waals surface area (Å²) in [5.41, 5.74) is 0.958. The van der Waals surface area contributed by atoms with Gasteiger partial charge in [0.2, 0.25) is 0 Å². The first-order chi connectivity index (χ1) is 6.65. The van der Waals surface area contributed by atoms with Gasteiger partial charge in [0.1, 0.15) is 6.73 Å². The van der Waals surface area contributed by atoms with Crippen molar-refractivity contribution in [2.45, 2.75) is 33.6 Å². The van der Waals surface area contributed by atoms with Crippen molar-refractivity contribution < 1.29 is 9.84 Å². The molecule has 14 heavy (non-hydrogen) atoms. The van der Waals surface area contributed by atoms with Crippen LogP contribution >= 0.6 is 0 Å². The number of nitrogens with zero attached hydrogens (tertiary/aromatic N) is 1. The maximum atomic E-state index is 9.78. The first-order valence-electron chi connectivity index (χ1n) is 5.06. The Kier molecular flexibility index (Phi) is 4.17. The molecule has 3 nitrogen and oxygen atoms in total. The standard InChI is InChI=1S/C11H19NO2/c1-4-14-8-12-6-5-10(7-12)11(13)9(2)3/h5-7,9,11,13H,4,8H2,1-3H3. The van der Waals surface area contributed by atoms with Gasteiger partial charge in [0.25, 0.3) is 0 Å². The van der Waals surface area contributed by atoms with Gasteiger partial charge in [-0.2, -0.15) is 0 Å². The van der Waals surface area contributed by atoms with E-state index in [1.54, 1.807) is 0 Å². The number of aliphatic hydroxyl groups is 1. The summed E-state index contributed by atoms with van der Waals surface area (Å²) in [4.78, 5) is 0. The smallest absolute Gasteiger partial charge is 0.122 e. The molecule has 0 saturated carbocycles. The minimum Gasteiger partial charge on any atom is -0.388 e. The second kappa shape index (κ2) is 5.17. The summed E-state index contributed by atoms with van der Waals surface area (Å²) in [6.07, 6.45) is 3.48. The van der Waals surface area contributed by atoms with Gasteiger partial charge < -0.3 is 14.4 Å². The molecule has 0 amide bonds. The maximum Gasteiger partial charge on any atom is 0.122 e. The topological polar surface area (TPSA) is 34.4 Å².